The van der Waals surface area contributed by atoms with E-state index in [0.717, 1.165) is 0 Å². The molecule has 86 valence electrons. The topological polar surface area (TPSA) is 40.6 Å². The third-order valence-corrected chi connectivity index (χ3v) is 2.70. The maximum absolute atomic E-state index is 12.1. The molecule has 15 heavy (non-hydrogen) atoms. The lowest BCUT2D eigenvalue weighted by atomic mass is 10.0. The van der Waals surface area contributed by atoms with E-state index >= 15 is 0 Å². The molecule has 1 saturated heterocycles. The first-order chi connectivity index (χ1) is 6.79. The Morgan fingerprint density at radius 2 is 1.87 bits per heavy atom. The van der Waals surface area contributed by atoms with Crippen molar-refractivity contribution in [2.24, 2.45) is 0 Å². The first-order valence-electron chi connectivity index (χ1n) is 5.42. The van der Waals surface area contributed by atoms with Gasteiger partial charge < -0.3 is 4.90 Å². The quantitative estimate of drug-likeness (QED) is 0.665. The van der Waals surface area contributed by atoms with Crippen LogP contribution >= 0.6 is 0 Å². The highest BCUT2D eigenvalue weighted by atomic mass is 16.2. The van der Waals surface area contributed by atoms with Gasteiger partial charge in [-0.2, -0.15) is 0 Å². The van der Waals surface area contributed by atoms with E-state index in [1.165, 1.54) is 4.90 Å². The van der Waals surface area contributed by atoms with Crippen LogP contribution in [0, 0.1) is 0 Å². The average molecular weight is 212 g/mol. The van der Waals surface area contributed by atoms with Gasteiger partial charge in [0, 0.05) is 24.5 Å². The minimum absolute atomic E-state index is 0.0219. The first-order valence-corrected chi connectivity index (χ1v) is 5.42. The average Bonchev–Trinajstić information content (AvgIpc) is 2.00. The molecule has 1 rings (SSSR count). The van der Waals surface area contributed by atoms with E-state index in [1.54, 1.807) is 4.90 Å². The van der Waals surface area contributed by atoms with Crippen LogP contribution in [0.15, 0.2) is 0 Å². The Morgan fingerprint density at radius 3 is 2.27 bits per heavy atom. The lowest BCUT2D eigenvalue weighted by molar-refractivity contribution is -0.136. The van der Waals surface area contributed by atoms with Crippen LogP contribution in [0.4, 0.5) is 4.79 Å². The van der Waals surface area contributed by atoms with Gasteiger partial charge in [-0.3, -0.25) is 9.69 Å². The predicted octanol–water partition coefficient (Wildman–Crippen LogP) is 1.85. The molecule has 0 aromatic rings. The Bertz CT molecular complexity index is 281. The van der Waals surface area contributed by atoms with Crippen molar-refractivity contribution in [2.45, 2.75) is 52.6 Å². The van der Waals surface area contributed by atoms with Crippen molar-refractivity contribution < 1.29 is 9.59 Å². The van der Waals surface area contributed by atoms with E-state index in [2.05, 4.69) is 0 Å². The molecular formula is C11H20N2O2. The van der Waals surface area contributed by atoms with Crippen LogP contribution in [-0.2, 0) is 4.79 Å². The minimum atomic E-state index is -0.429. The third kappa shape index (κ3) is 2.13. The summed E-state index contributed by atoms with van der Waals surface area (Å²) in [6, 6.07) is -0.137. The molecule has 1 aliphatic rings. The van der Waals surface area contributed by atoms with Gasteiger partial charge in [-0.15, -0.1) is 0 Å². The number of carbonyl (C=O) groups excluding carboxylic acids is 2. The van der Waals surface area contributed by atoms with Gasteiger partial charge in [0.15, 0.2) is 0 Å². The lowest BCUT2D eigenvalue weighted by Gasteiger charge is -2.44. The Morgan fingerprint density at radius 1 is 1.33 bits per heavy atom. The first kappa shape index (κ1) is 12.0. The highest BCUT2D eigenvalue weighted by molar-refractivity contribution is 5.98. The highest BCUT2D eigenvalue weighted by Gasteiger charge is 2.41. The summed E-state index contributed by atoms with van der Waals surface area (Å²) in [7, 11) is 0. The SMILES string of the molecule is CCN1C(=O)N(C(C)(C)C)C(=O)CC1C. The van der Waals surface area contributed by atoms with E-state index in [0.29, 0.717) is 13.0 Å². The molecule has 1 aliphatic heterocycles. The number of carbonyl (C=O) groups is 2. The second kappa shape index (κ2) is 3.83. The van der Waals surface area contributed by atoms with Crippen LogP contribution in [0.5, 0.6) is 0 Å². The van der Waals surface area contributed by atoms with Crippen LogP contribution in [0.1, 0.15) is 41.0 Å². The van der Waals surface area contributed by atoms with Crippen LogP contribution in [-0.4, -0.2) is 39.9 Å². The highest BCUT2D eigenvalue weighted by Crippen LogP contribution is 2.24. The maximum Gasteiger partial charge on any atom is 0.327 e. The molecule has 0 aliphatic carbocycles. The molecule has 1 heterocycles. The van der Waals surface area contributed by atoms with Gasteiger partial charge in [-0.25, -0.2) is 4.79 Å². The number of amides is 3. The molecule has 0 radical (unpaired) electrons. The summed E-state index contributed by atoms with van der Waals surface area (Å²) in [5, 5.41) is 0. The Hall–Kier alpha value is -1.06. The molecule has 1 fully saturated rings. The van der Waals surface area contributed by atoms with E-state index in [4.69, 9.17) is 0 Å². The zero-order valence-electron chi connectivity index (χ0n) is 10.2. The Labute approximate surface area is 91.2 Å². The number of rotatable bonds is 1. The molecule has 0 bridgehead atoms. The maximum atomic E-state index is 12.1. The molecule has 0 aromatic heterocycles. The molecule has 4 heteroatoms. The van der Waals surface area contributed by atoms with Gasteiger partial charge in [0.2, 0.25) is 5.91 Å². The lowest BCUT2D eigenvalue weighted by Crippen LogP contribution is -2.61. The number of urea groups is 1. The predicted molar refractivity (Wildman–Crippen MR) is 58.5 cm³/mol. The molecule has 1 unspecified atom stereocenters. The standard InChI is InChI=1S/C11H20N2O2/c1-6-12-8(2)7-9(14)13(10(12)15)11(3,4)5/h8H,6-7H2,1-5H3. The van der Waals surface area contributed by atoms with E-state index in [1.807, 2.05) is 34.6 Å². The van der Waals surface area contributed by atoms with Crippen molar-refractivity contribution in [3.63, 3.8) is 0 Å². The number of hydrogen-bond acceptors (Lipinski definition) is 2. The van der Waals surface area contributed by atoms with Crippen LogP contribution in [0.2, 0.25) is 0 Å². The van der Waals surface area contributed by atoms with Crippen molar-refractivity contribution in [3.05, 3.63) is 0 Å². The Balaban J connectivity index is 2.98. The molecule has 0 saturated carbocycles. The normalized spacial score (nSPS) is 23.7. The van der Waals surface area contributed by atoms with Gasteiger partial charge in [0.05, 0.1) is 0 Å². The number of imide groups is 1. The smallest absolute Gasteiger partial charge is 0.321 e. The molecule has 1 atom stereocenters. The molecule has 3 amide bonds. The largest absolute Gasteiger partial charge is 0.327 e. The van der Waals surface area contributed by atoms with Gasteiger partial charge in [0.1, 0.15) is 0 Å². The summed E-state index contributed by atoms with van der Waals surface area (Å²) >= 11 is 0. The van der Waals surface area contributed by atoms with Crippen LogP contribution in [0.25, 0.3) is 0 Å². The van der Waals surface area contributed by atoms with E-state index in [-0.39, 0.29) is 18.0 Å². The summed E-state index contributed by atoms with van der Waals surface area (Å²) < 4.78 is 0. The van der Waals surface area contributed by atoms with Gasteiger partial charge in [-0.05, 0) is 34.6 Å². The molecular weight excluding hydrogens is 192 g/mol. The van der Waals surface area contributed by atoms with Crippen molar-refractivity contribution in [1.29, 1.82) is 0 Å². The summed E-state index contributed by atoms with van der Waals surface area (Å²) in [5.74, 6) is -0.0651. The van der Waals surface area contributed by atoms with Gasteiger partial charge in [-0.1, -0.05) is 0 Å². The molecule has 0 spiro atoms. The van der Waals surface area contributed by atoms with Crippen LogP contribution in [0.3, 0.4) is 0 Å². The van der Waals surface area contributed by atoms with Crippen molar-refractivity contribution in [2.75, 3.05) is 6.54 Å². The Kier molecular flexibility index (Phi) is 3.07. The zero-order chi connectivity index (χ0) is 11.8. The monoisotopic (exact) mass is 212 g/mol. The van der Waals surface area contributed by atoms with E-state index in [9.17, 15) is 9.59 Å². The van der Waals surface area contributed by atoms with Gasteiger partial charge >= 0.3 is 6.03 Å². The van der Waals surface area contributed by atoms with Crippen LogP contribution < -0.4 is 0 Å². The minimum Gasteiger partial charge on any atom is -0.321 e. The fraction of sp³-hybridized carbons (Fsp3) is 0.818. The summed E-state index contributed by atoms with van der Waals surface area (Å²) in [6.45, 7) is 10.1. The second-order valence-corrected chi connectivity index (χ2v) is 5.02. The van der Waals surface area contributed by atoms with Crippen molar-refractivity contribution >= 4 is 11.9 Å². The van der Waals surface area contributed by atoms with Crippen molar-refractivity contribution in [3.8, 4) is 0 Å². The summed E-state index contributed by atoms with van der Waals surface area (Å²) in [4.78, 5) is 27.0. The molecule has 0 N–H and O–H groups in total. The molecule has 0 aromatic carbocycles. The molecule has 4 nitrogen and oxygen atoms in total. The van der Waals surface area contributed by atoms with Crippen molar-refractivity contribution in [1.82, 2.24) is 9.80 Å². The van der Waals surface area contributed by atoms with Gasteiger partial charge in [0.25, 0.3) is 0 Å². The number of hydrogen-bond donors (Lipinski definition) is 0. The summed E-state index contributed by atoms with van der Waals surface area (Å²) in [5.41, 5.74) is -0.429. The summed E-state index contributed by atoms with van der Waals surface area (Å²) in [6.07, 6.45) is 0.427. The fourth-order valence-electron chi connectivity index (χ4n) is 1.99. The third-order valence-electron chi connectivity index (χ3n) is 2.70. The number of nitrogens with zero attached hydrogens (tertiary/aromatic N) is 2. The fourth-order valence-corrected chi connectivity index (χ4v) is 1.99. The second-order valence-electron chi connectivity index (χ2n) is 5.02. The zero-order valence-corrected chi connectivity index (χ0v) is 10.2. The van der Waals surface area contributed by atoms with E-state index < -0.39 is 5.54 Å².